The van der Waals surface area contributed by atoms with Gasteiger partial charge in [0.2, 0.25) is 0 Å². The fraction of sp³-hybridized carbons (Fsp3) is 0.333. The van der Waals surface area contributed by atoms with Crippen LogP contribution < -0.4 is 11.5 Å². The Hall–Kier alpha value is -1.52. The summed E-state index contributed by atoms with van der Waals surface area (Å²) in [4.78, 5) is 14.2. The van der Waals surface area contributed by atoms with Gasteiger partial charge in [0.05, 0.1) is 7.11 Å². The molecular formula is C6H11N3O2. The van der Waals surface area contributed by atoms with Crippen molar-refractivity contribution in [2.24, 2.45) is 16.5 Å². The first kappa shape index (κ1) is 9.48. The van der Waals surface area contributed by atoms with Gasteiger partial charge in [0.15, 0.2) is 0 Å². The lowest BCUT2D eigenvalue weighted by Gasteiger charge is -1.97. The molecule has 5 nitrogen and oxygen atoms in total. The molecule has 0 unspecified atom stereocenters. The van der Waals surface area contributed by atoms with Crippen molar-refractivity contribution in [3.05, 3.63) is 11.8 Å². The summed E-state index contributed by atoms with van der Waals surface area (Å²) in [7, 11) is 2.73. The number of nitrogens with two attached hydrogens (primary N) is 2. The molecule has 0 rings (SSSR count). The standard InChI is InChI=1S/C6H11N3O2/c1-9-5(8)3-4(7)6(10)11-2/h3H,7H2,1-2H3,(H2,8,9). The Bertz CT molecular complexity index is 208. The second-order valence-corrected chi connectivity index (χ2v) is 1.74. The highest BCUT2D eigenvalue weighted by Crippen LogP contribution is 1.86. The summed E-state index contributed by atoms with van der Waals surface area (Å²) in [5.74, 6) is -0.426. The Balaban J connectivity index is 4.34. The summed E-state index contributed by atoms with van der Waals surface area (Å²) in [5, 5.41) is 0. The third-order valence-corrected chi connectivity index (χ3v) is 0.983. The maximum Gasteiger partial charge on any atom is 0.354 e. The number of aliphatic imine (C=N–C) groups is 1. The molecule has 0 amide bonds. The third kappa shape index (κ3) is 3.24. The number of hydrogen-bond donors (Lipinski definition) is 2. The molecule has 0 fully saturated rings. The minimum atomic E-state index is -0.614. The van der Waals surface area contributed by atoms with Crippen LogP contribution in [0.3, 0.4) is 0 Å². The largest absolute Gasteiger partial charge is 0.464 e. The lowest BCUT2D eigenvalue weighted by molar-refractivity contribution is -0.136. The second kappa shape index (κ2) is 4.32. The number of methoxy groups -OCH3 is 1. The molecule has 0 aromatic rings. The molecule has 0 saturated carbocycles. The van der Waals surface area contributed by atoms with Crippen molar-refractivity contribution in [3.63, 3.8) is 0 Å². The van der Waals surface area contributed by atoms with E-state index in [0.29, 0.717) is 0 Å². The fourth-order valence-corrected chi connectivity index (χ4v) is 0.401. The Labute approximate surface area is 64.7 Å². The van der Waals surface area contributed by atoms with Gasteiger partial charge in [-0.2, -0.15) is 0 Å². The number of carbonyl (C=O) groups is 1. The first-order valence-corrected chi connectivity index (χ1v) is 2.89. The minimum absolute atomic E-state index is 0.0596. The molecule has 62 valence electrons. The average molecular weight is 157 g/mol. The van der Waals surface area contributed by atoms with Crippen molar-refractivity contribution >= 4 is 11.8 Å². The van der Waals surface area contributed by atoms with E-state index in [4.69, 9.17) is 11.5 Å². The molecule has 0 radical (unpaired) electrons. The van der Waals surface area contributed by atoms with E-state index in [1.165, 1.54) is 20.2 Å². The number of carbonyl (C=O) groups excluding carboxylic acids is 1. The van der Waals surface area contributed by atoms with E-state index in [1.54, 1.807) is 0 Å². The molecule has 0 aromatic carbocycles. The van der Waals surface area contributed by atoms with E-state index in [9.17, 15) is 4.79 Å². The van der Waals surface area contributed by atoms with Crippen LogP contribution in [0.15, 0.2) is 16.8 Å². The van der Waals surface area contributed by atoms with Crippen LogP contribution in [0.1, 0.15) is 0 Å². The summed E-state index contributed by atoms with van der Waals surface area (Å²) in [5.41, 5.74) is 10.4. The zero-order valence-corrected chi connectivity index (χ0v) is 6.50. The fourth-order valence-electron chi connectivity index (χ4n) is 0.401. The van der Waals surface area contributed by atoms with Gasteiger partial charge < -0.3 is 16.2 Å². The van der Waals surface area contributed by atoms with Crippen molar-refractivity contribution in [1.82, 2.24) is 0 Å². The van der Waals surface area contributed by atoms with E-state index in [0.717, 1.165) is 0 Å². The summed E-state index contributed by atoms with van der Waals surface area (Å²) in [6.45, 7) is 0. The van der Waals surface area contributed by atoms with Gasteiger partial charge in [-0.25, -0.2) is 4.79 Å². The summed E-state index contributed by atoms with van der Waals surface area (Å²) in [6.07, 6.45) is 1.24. The molecule has 0 aliphatic carbocycles. The predicted octanol–water partition coefficient (Wildman–Crippen LogP) is -1.01. The van der Waals surface area contributed by atoms with Crippen LogP contribution in [0.25, 0.3) is 0 Å². The molecule has 0 aliphatic rings. The quantitative estimate of drug-likeness (QED) is 0.232. The molecule has 0 atom stereocenters. The average Bonchev–Trinajstić information content (AvgIpc) is 2.02. The molecule has 11 heavy (non-hydrogen) atoms. The molecule has 0 aliphatic heterocycles. The minimum Gasteiger partial charge on any atom is -0.464 e. The van der Waals surface area contributed by atoms with Gasteiger partial charge in [-0.1, -0.05) is 0 Å². The van der Waals surface area contributed by atoms with Gasteiger partial charge >= 0.3 is 5.97 Å². The van der Waals surface area contributed by atoms with E-state index < -0.39 is 5.97 Å². The van der Waals surface area contributed by atoms with E-state index >= 15 is 0 Å². The van der Waals surface area contributed by atoms with Crippen LogP contribution in [0, 0.1) is 0 Å². The number of nitrogens with zero attached hydrogens (tertiary/aromatic N) is 1. The number of amidine groups is 1. The van der Waals surface area contributed by atoms with Crippen molar-refractivity contribution in [2.75, 3.05) is 14.2 Å². The van der Waals surface area contributed by atoms with Crippen LogP contribution in [-0.4, -0.2) is 26.0 Å². The Morgan fingerprint density at radius 3 is 2.45 bits per heavy atom. The van der Waals surface area contributed by atoms with E-state index in [1.807, 2.05) is 0 Å². The van der Waals surface area contributed by atoms with E-state index in [-0.39, 0.29) is 11.5 Å². The lowest BCUT2D eigenvalue weighted by atomic mass is 10.4. The van der Waals surface area contributed by atoms with Crippen LogP contribution in [-0.2, 0) is 9.53 Å². The van der Waals surface area contributed by atoms with Crippen molar-refractivity contribution in [3.8, 4) is 0 Å². The first-order chi connectivity index (χ1) is 5.11. The summed E-state index contributed by atoms with van der Waals surface area (Å²) >= 11 is 0. The first-order valence-electron chi connectivity index (χ1n) is 2.89. The van der Waals surface area contributed by atoms with Crippen molar-refractivity contribution in [2.45, 2.75) is 0 Å². The molecular weight excluding hydrogens is 146 g/mol. The monoisotopic (exact) mass is 157 g/mol. The van der Waals surface area contributed by atoms with E-state index in [2.05, 4.69) is 9.73 Å². The van der Waals surface area contributed by atoms with Crippen molar-refractivity contribution < 1.29 is 9.53 Å². The highest BCUT2D eigenvalue weighted by Gasteiger charge is 2.03. The number of rotatable bonds is 2. The predicted molar refractivity (Wildman–Crippen MR) is 41.8 cm³/mol. The van der Waals surface area contributed by atoms with Gasteiger partial charge in [0.1, 0.15) is 11.5 Å². The van der Waals surface area contributed by atoms with Gasteiger partial charge in [0.25, 0.3) is 0 Å². The van der Waals surface area contributed by atoms with Crippen LogP contribution >= 0.6 is 0 Å². The SMILES string of the molecule is CN=C(N)C=C(N)C(=O)OC. The third-order valence-electron chi connectivity index (χ3n) is 0.983. The van der Waals surface area contributed by atoms with Crippen LogP contribution in [0.4, 0.5) is 0 Å². The van der Waals surface area contributed by atoms with Gasteiger partial charge in [-0.3, -0.25) is 4.99 Å². The Morgan fingerprint density at radius 2 is 2.09 bits per heavy atom. The summed E-state index contributed by atoms with van der Waals surface area (Å²) < 4.78 is 4.31. The second-order valence-electron chi connectivity index (χ2n) is 1.74. The summed E-state index contributed by atoms with van der Waals surface area (Å²) in [6, 6.07) is 0. The molecule has 0 saturated heterocycles. The Kier molecular flexibility index (Phi) is 3.72. The zero-order valence-electron chi connectivity index (χ0n) is 6.50. The van der Waals surface area contributed by atoms with Crippen LogP contribution in [0.5, 0.6) is 0 Å². The molecule has 0 bridgehead atoms. The molecule has 0 aromatic heterocycles. The number of ether oxygens (including phenoxy) is 1. The molecule has 0 spiro atoms. The smallest absolute Gasteiger partial charge is 0.354 e. The normalized spacial score (nSPS) is 12.9. The highest BCUT2D eigenvalue weighted by atomic mass is 16.5. The van der Waals surface area contributed by atoms with Gasteiger partial charge in [-0.05, 0) is 0 Å². The zero-order chi connectivity index (χ0) is 8.85. The van der Waals surface area contributed by atoms with Crippen molar-refractivity contribution in [1.29, 1.82) is 0 Å². The molecule has 5 heteroatoms. The van der Waals surface area contributed by atoms with Gasteiger partial charge in [-0.15, -0.1) is 0 Å². The lowest BCUT2D eigenvalue weighted by Crippen LogP contribution is -2.17. The Morgan fingerprint density at radius 1 is 1.55 bits per heavy atom. The number of esters is 1. The topological polar surface area (TPSA) is 90.7 Å². The number of hydrogen-bond acceptors (Lipinski definition) is 4. The molecule has 0 heterocycles. The highest BCUT2D eigenvalue weighted by molar-refractivity contribution is 5.99. The molecule has 4 N–H and O–H groups in total. The van der Waals surface area contributed by atoms with Gasteiger partial charge in [0, 0.05) is 13.1 Å². The maximum atomic E-state index is 10.6. The van der Waals surface area contributed by atoms with Crippen LogP contribution in [0.2, 0.25) is 0 Å². The maximum absolute atomic E-state index is 10.6.